The van der Waals surface area contributed by atoms with Gasteiger partial charge < -0.3 is 10.5 Å². The van der Waals surface area contributed by atoms with E-state index in [4.69, 9.17) is 15.7 Å². The van der Waals surface area contributed by atoms with E-state index in [1.54, 1.807) is 26.8 Å². The molecule has 4 nitrogen and oxygen atoms in total. The summed E-state index contributed by atoms with van der Waals surface area (Å²) in [7, 11) is 0. The van der Waals surface area contributed by atoms with Crippen molar-refractivity contribution in [3.63, 3.8) is 0 Å². The highest BCUT2D eigenvalue weighted by Crippen LogP contribution is 2.16. The lowest BCUT2D eigenvalue weighted by atomic mass is 10.1. The monoisotopic (exact) mass is 218 g/mol. The van der Waals surface area contributed by atoms with E-state index in [1.165, 1.54) is 12.1 Å². The Morgan fingerprint density at radius 1 is 1.44 bits per heavy atom. The normalized spacial score (nSPS) is 10.6. The van der Waals surface area contributed by atoms with Crippen LogP contribution in [0.5, 0.6) is 0 Å². The van der Waals surface area contributed by atoms with Crippen LogP contribution in [-0.2, 0) is 4.74 Å². The van der Waals surface area contributed by atoms with Crippen molar-refractivity contribution in [2.24, 2.45) is 0 Å². The second-order valence-electron chi connectivity index (χ2n) is 4.42. The second-order valence-corrected chi connectivity index (χ2v) is 4.42. The molecule has 0 radical (unpaired) electrons. The number of nitrogens with zero attached hydrogens (tertiary/aromatic N) is 1. The summed E-state index contributed by atoms with van der Waals surface area (Å²) in [5.41, 5.74) is 5.97. The van der Waals surface area contributed by atoms with Gasteiger partial charge in [-0.2, -0.15) is 5.26 Å². The highest BCUT2D eigenvalue weighted by Gasteiger charge is 2.18. The van der Waals surface area contributed by atoms with E-state index in [9.17, 15) is 4.79 Å². The van der Waals surface area contributed by atoms with Crippen molar-refractivity contribution in [3.8, 4) is 6.07 Å². The molecule has 0 spiro atoms. The summed E-state index contributed by atoms with van der Waals surface area (Å²) in [5, 5.41) is 8.78. The largest absolute Gasteiger partial charge is 0.456 e. The molecule has 0 saturated heterocycles. The fourth-order valence-electron chi connectivity index (χ4n) is 1.12. The van der Waals surface area contributed by atoms with Crippen molar-refractivity contribution in [2.75, 3.05) is 5.73 Å². The molecule has 0 aliphatic rings. The first kappa shape index (κ1) is 12.1. The summed E-state index contributed by atoms with van der Waals surface area (Å²) >= 11 is 0. The van der Waals surface area contributed by atoms with E-state index >= 15 is 0 Å². The Bertz CT molecular complexity index is 453. The van der Waals surface area contributed by atoms with Gasteiger partial charge in [-0.3, -0.25) is 0 Å². The zero-order chi connectivity index (χ0) is 12.3. The minimum Gasteiger partial charge on any atom is -0.456 e. The van der Waals surface area contributed by atoms with E-state index in [1.807, 2.05) is 6.07 Å². The molecule has 0 saturated carbocycles. The van der Waals surface area contributed by atoms with Crippen LogP contribution >= 0.6 is 0 Å². The number of hydrogen-bond donors (Lipinski definition) is 1. The minimum absolute atomic E-state index is 0.281. The van der Waals surface area contributed by atoms with E-state index in [-0.39, 0.29) is 5.56 Å². The molecule has 0 heterocycles. The topological polar surface area (TPSA) is 76.1 Å². The molecule has 1 rings (SSSR count). The average Bonchev–Trinajstić information content (AvgIpc) is 2.15. The maximum Gasteiger partial charge on any atom is 0.338 e. The lowest BCUT2D eigenvalue weighted by Crippen LogP contribution is -2.23. The van der Waals surface area contributed by atoms with Crippen LogP contribution < -0.4 is 5.73 Å². The number of nitrogens with two attached hydrogens (primary N) is 1. The number of esters is 1. The summed E-state index contributed by atoms with van der Waals surface area (Å²) in [6, 6.07) is 6.43. The zero-order valence-corrected chi connectivity index (χ0v) is 9.57. The van der Waals surface area contributed by atoms with E-state index in [0.717, 1.165) is 0 Å². The Balaban J connectivity index is 2.98. The first-order chi connectivity index (χ1) is 7.33. The Morgan fingerprint density at radius 2 is 2.06 bits per heavy atom. The summed E-state index contributed by atoms with van der Waals surface area (Å²) in [4.78, 5) is 11.7. The van der Waals surface area contributed by atoms with Gasteiger partial charge in [-0.15, -0.1) is 0 Å². The van der Waals surface area contributed by atoms with Gasteiger partial charge in [0.1, 0.15) is 11.7 Å². The Kier molecular flexibility index (Phi) is 3.19. The van der Waals surface area contributed by atoms with Gasteiger partial charge in [-0.1, -0.05) is 0 Å². The predicted octanol–water partition coefficient (Wildman–Crippen LogP) is 2.10. The number of nitriles is 1. The van der Waals surface area contributed by atoms with Crippen LogP contribution in [-0.4, -0.2) is 11.6 Å². The van der Waals surface area contributed by atoms with Gasteiger partial charge in [-0.25, -0.2) is 4.79 Å². The number of ether oxygens (including phenoxy) is 1. The van der Waals surface area contributed by atoms with Gasteiger partial charge >= 0.3 is 5.97 Å². The third-order valence-corrected chi connectivity index (χ3v) is 1.81. The number of benzene rings is 1. The van der Waals surface area contributed by atoms with E-state index in [0.29, 0.717) is 11.3 Å². The molecular weight excluding hydrogens is 204 g/mol. The number of anilines is 1. The number of hydrogen-bond acceptors (Lipinski definition) is 4. The quantitative estimate of drug-likeness (QED) is 0.578. The fraction of sp³-hybridized carbons (Fsp3) is 0.333. The molecule has 16 heavy (non-hydrogen) atoms. The average molecular weight is 218 g/mol. The molecule has 0 unspecified atom stereocenters. The predicted molar refractivity (Wildman–Crippen MR) is 60.7 cm³/mol. The Labute approximate surface area is 94.6 Å². The molecule has 0 aliphatic carbocycles. The van der Waals surface area contributed by atoms with Gasteiger partial charge in [-0.05, 0) is 39.0 Å². The highest BCUT2D eigenvalue weighted by molar-refractivity contribution is 5.90. The first-order valence-corrected chi connectivity index (χ1v) is 4.86. The second kappa shape index (κ2) is 4.23. The van der Waals surface area contributed by atoms with Crippen molar-refractivity contribution in [1.29, 1.82) is 5.26 Å². The molecule has 0 bridgehead atoms. The van der Waals surface area contributed by atoms with Crippen LogP contribution in [0.2, 0.25) is 0 Å². The van der Waals surface area contributed by atoms with E-state index in [2.05, 4.69) is 0 Å². The summed E-state index contributed by atoms with van der Waals surface area (Å²) in [5.74, 6) is -0.455. The summed E-state index contributed by atoms with van der Waals surface area (Å²) in [6.45, 7) is 5.36. The Morgan fingerprint density at radius 3 is 2.56 bits per heavy atom. The van der Waals surface area contributed by atoms with Crippen LogP contribution in [0.15, 0.2) is 18.2 Å². The molecule has 1 aromatic carbocycles. The first-order valence-electron chi connectivity index (χ1n) is 4.86. The summed E-state index contributed by atoms with van der Waals surface area (Å²) in [6.07, 6.45) is 0. The van der Waals surface area contributed by atoms with Gasteiger partial charge in [0.05, 0.1) is 11.1 Å². The lowest BCUT2D eigenvalue weighted by Gasteiger charge is -2.19. The molecule has 0 amide bonds. The molecule has 1 aromatic rings. The zero-order valence-electron chi connectivity index (χ0n) is 9.57. The SMILES string of the molecule is CC(C)(C)OC(=O)c1ccc(N)c(C#N)c1. The molecule has 0 aromatic heterocycles. The smallest absolute Gasteiger partial charge is 0.338 e. The number of rotatable bonds is 1. The van der Waals surface area contributed by atoms with Crippen LogP contribution in [0.1, 0.15) is 36.7 Å². The maximum absolute atomic E-state index is 11.7. The van der Waals surface area contributed by atoms with Crippen LogP contribution in [0, 0.1) is 11.3 Å². The van der Waals surface area contributed by atoms with Crippen molar-refractivity contribution in [3.05, 3.63) is 29.3 Å². The molecule has 0 atom stereocenters. The van der Waals surface area contributed by atoms with Gasteiger partial charge in [0.15, 0.2) is 0 Å². The minimum atomic E-state index is -0.550. The fourth-order valence-corrected chi connectivity index (χ4v) is 1.12. The van der Waals surface area contributed by atoms with Crippen LogP contribution in [0.25, 0.3) is 0 Å². The maximum atomic E-state index is 11.7. The number of nitrogen functional groups attached to an aromatic ring is 1. The van der Waals surface area contributed by atoms with Crippen molar-refractivity contribution in [1.82, 2.24) is 0 Å². The molecule has 4 heteroatoms. The van der Waals surface area contributed by atoms with E-state index < -0.39 is 11.6 Å². The van der Waals surface area contributed by atoms with Crippen molar-refractivity contribution < 1.29 is 9.53 Å². The van der Waals surface area contributed by atoms with Gasteiger partial charge in [0.25, 0.3) is 0 Å². The standard InChI is InChI=1S/C12H14N2O2/c1-12(2,3)16-11(15)8-4-5-10(14)9(6-8)7-13/h4-6H,14H2,1-3H3. The van der Waals surface area contributed by atoms with Crippen LogP contribution in [0.3, 0.4) is 0 Å². The molecule has 0 fully saturated rings. The third kappa shape index (κ3) is 2.99. The molecule has 0 aliphatic heterocycles. The highest BCUT2D eigenvalue weighted by atomic mass is 16.6. The lowest BCUT2D eigenvalue weighted by molar-refractivity contribution is 0.00695. The van der Waals surface area contributed by atoms with Gasteiger partial charge in [0, 0.05) is 5.69 Å². The molecule has 2 N–H and O–H groups in total. The Hall–Kier alpha value is -2.02. The third-order valence-electron chi connectivity index (χ3n) is 1.81. The van der Waals surface area contributed by atoms with Crippen molar-refractivity contribution in [2.45, 2.75) is 26.4 Å². The number of carbonyl (C=O) groups is 1. The van der Waals surface area contributed by atoms with Crippen molar-refractivity contribution >= 4 is 11.7 Å². The van der Waals surface area contributed by atoms with Gasteiger partial charge in [0.2, 0.25) is 0 Å². The summed E-state index contributed by atoms with van der Waals surface area (Å²) < 4.78 is 5.17. The van der Waals surface area contributed by atoms with Crippen LogP contribution in [0.4, 0.5) is 5.69 Å². The number of carbonyl (C=O) groups excluding carboxylic acids is 1. The molecule has 84 valence electrons. The molecular formula is C12H14N2O2.